The van der Waals surface area contributed by atoms with E-state index in [0.717, 1.165) is 12.2 Å². The normalized spacial score (nSPS) is 12.1. The summed E-state index contributed by atoms with van der Waals surface area (Å²) >= 11 is 0. The van der Waals surface area contributed by atoms with Gasteiger partial charge in [0.1, 0.15) is 18.0 Å². The quantitative estimate of drug-likeness (QED) is 0.864. The average Bonchev–Trinajstić information content (AvgIpc) is 2.32. The van der Waals surface area contributed by atoms with E-state index in [4.69, 9.17) is 5.73 Å². The molecule has 18 heavy (non-hydrogen) atoms. The molecule has 1 aromatic heterocycles. The molecule has 1 atom stereocenters. The summed E-state index contributed by atoms with van der Waals surface area (Å²) in [6.07, 6.45) is 2.43. The van der Waals surface area contributed by atoms with Gasteiger partial charge in [-0.05, 0) is 31.4 Å². The topological polar surface area (TPSA) is 63.8 Å². The molecule has 1 heterocycles. The van der Waals surface area contributed by atoms with E-state index in [1.165, 1.54) is 17.5 Å². The zero-order valence-corrected chi connectivity index (χ0v) is 10.7. The van der Waals surface area contributed by atoms with Gasteiger partial charge >= 0.3 is 0 Å². The maximum atomic E-state index is 5.62. The molecule has 0 radical (unpaired) electrons. The highest BCUT2D eigenvalue weighted by Crippen LogP contribution is 2.13. The molecule has 4 heteroatoms. The monoisotopic (exact) mass is 242 g/mol. The van der Waals surface area contributed by atoms with Gasteiger partial charge in [-0.3, -0.25) is 0 Å². The molecule has 2 rings (SSSR count). The van der Waals surface area contributed by atoms with Crippen molar-refractivity contribution in [2.24, 2.45) is 0 Å². The molecule has 0 aliphatic carbocycles. The molecule has 1 unspecified atom stereocenters. The predicted octanol–water partition coefficient (Wildman–Crippen LogP) is 2.41. The van der Waals surface area contributed by atoms with Crippen LogP contribution in [0.4, 0.5) is 11.6 Å². The van der Waals surface area contributed by atoms with E-state index >= 15 is 0 Å². The summed E-state index contributed by atoms with van der Waals surface area (Å²) in [6.45, 7) is 4.26. The van der Waals surface area contributed by atoms with E-state index in [0.29, 0.717) is 11.9 Å². The molecule has 0 bridgehead atoms. The summed E-state index contributed by atoms with van der Waals surface area (Å²) in [6, 6.07) is 10.4. The van der Waals surface area contributed by atoms with Crippen molar-refractivity contribution in [2.45, 2.75) is 26.3 Å². The number of aromatic nitrogens is 2. The minimum Gasteiger partial charge on any atom is -0.384 e. The standard InChI is InChI=1S/C14H18N4/c1-10-5-3-4-6-12(10)7-11(2)18-14-8-13(15)16-9-17-14/h3-6,8-9,11H,7H2,1-2H3,(H3,15,16,17,18). The summed E-state index contributed by atoms with van der Waals surface area (Å²) in [4.78, 5) is 8.01. The molecule has 0 amide bonds. The van der Waals surface area contributed by atoms with Crippen molar-refractivity contribution >= 4 is 11.6 Å². The van der Waals surface area contributed by atoms with Crippen LogP contribution in [0.1, 0.15) is 18.1 Å². The minimum atomic E-state index is 0.292. The van der Waals surface area contributed by atoms with Gasteiger partial charge in [0.2, 0.25) is 0 Å². The van der Waals surface area contributed by atoms with E-state index in [2.05, 4.69) is 53.4 Å². The average molecular weight is 242 g/mol. The van der Waals surface area contributed by atoms with Gasteiger partial charge < -0.3 is 11.1 Å². The number of nitrogens with zero attached hydrogens (tertiary/aromatic N) is 2. The summed E-state index contributed by atoms with van der Waals surface area (Å²) in [7, 11) is 0. The highest BCUT2D eigenvalue weighted by Gasteiger charge is 2.06. The molecule has 0 aliphatic rings. The lowest BCUT2D eigenvalue weighted by Crippen LogP contribution is -2.19. The second-order valence-electron chi connectivity index (χ2n) is 4.50. The third-order valence-electron chi connectivity index (χ3n) is 2.87. The number of aryl methyl sites for hydroxylation is 1. The molecule has 1 aromatic carbocycles. The summed E-state index contributed by atoms with van der Waals surface area (Å²) in [5, 5.41) is 3.33. The van der Waals surface area contributed by atoms with Crippen LogP contribution >= 0.6 is 0 Å². The van der Waals surface area contributed by atoms with E-state index < -0.39 is 0 Å². The smallest absolute Gasteiger partial charge is 0.131 e. The van der Waals surface area contributed by atoms with Crippen LogP contribution in [0.25, 0.3) is 0 Å². The van der Waals surface area contributed by atoms with E-state index in [1.54, 1.807) is 6.07 Å². The van der Waals surface area contributed by atoms with Crippen LogP contribution in [0.2, 0.25) is 0 Å². The maximum absolute atomic E-state index is 5.62. The third kappa shape index (κ3) is 3.20. The first-order chi connectivity index (χ1) is 8.65. The molecule has 0 saturated carbocycles. The number of hydrogen-bond acceptors (Lipinski definition) is 4. The van der Waals surface area contributed by atoms with Crippen LogP contribution in [0.5, 0.6) is 0 Å². The molecule has 4 nitrogen and oxygen atoms in total. The van der Waals surface area contributed by atoms with Crippen molar-refractivity contribution in [3.8, 4) is 0 Å². The first-order valence-corrected chi connectivity index (χ1v) is 6.03. The Kier molecular flexibility index (Phi) is 3.77. The van der Waals surface area contributed by atoms with Gasteiger partial charge in [0, 0.05) is 12.1 Å². The Morgan fingerprint density at radius 2 is 2.06 bits per heavy atom. The summed E-state index contributed by atoms with van der Waals surface area (Å²) < 4.78 is 0. The molecule has 0 saturated heterocycles. The SMILES string of the molecule is Cc1ccccc1CC(C)Nc1cc(N)ncn1. The van der Waals surface area contributed by atoms with E-state index in [9.17, 15) is 0 Å². The lowest BCUT2D eigenvalue weighted by molar-refractivity contribution is 0.780. The maximum Gasteiger partial charge on any atom is 0.131 e. The van der Waals surface area contributed by atoms with Gasteiger partial charge in [0.15, 0.2) is 0 Å². The fourth-order valence-corrected chi connectivity index (χ4v) is 1.92. The second-order valence-corrected chi connectivity index (χ2v) is 4.50. The Morgan fingerprint density at radius 1 is 1.28 bits per heavy atom. The van der Waals surface area contributed by atoms with Crippen LogP contribution in [-0.4, -0.2) is 16.0 Å². The van der Waals surface area contributed by atoms with E-state index in [-0.39, 0.29) is 0 Å². The molecule has 0 spiro atoms. The van der Waals surface area contributed by atoms with Crippen LogP contribution in [0.15, 0.2) is 36.7 Å². The van der Waals surface area contributed by atoms with Crippen LogP contribution in [0, 0.1) is 6.92 Å². The molecule has 0 fully saturated rings. The third-order valence-corrected chi connectivity index (χ3v) is 2.87. The predicted molar refractivity (Wildman–Crippen MR) is 74.4 cm³/mol. The number of hydrogen-bond donors (Lipinski definition) is 2. The molecule has 0 aliphatic heterocycles. The summed E-state index contributed by atoms with van der Waals surface area (Å²) in [5.74, 6) is 1.25. The fourth-order valence-electron chi connectivity index (χ4n) is 1.92. The van der Waals surface area contributed by atoms with Gasteiger partial charge in [-0.2, -0.15) is 0 Å². The second kappa shape index (κ2) is 5.49. The fraction of sp³-hybridized carbons (Fsp3) is 0.286. The number of rotatable bonds is 4. The minimum absolute atomic E-state index is 0.292. The number of nitrogens with two attached hydrogens (primary N) is 1. The first kappa shape index (κ1) is 12.4. The van der Waals surface area contributed by atoms with Gasteiger partial charge in [0.05, 0.1) is 0 Å². The van der Waals surface area contributed by atoms with Crippen molar-refractivity contribution in [1.29, 1.82) is 0 Å². The Balaban J connectivity index is 2.01. The Labute approximate surface area is 107 Å². The largest absolute Gasteiger partial charge is 0.384 e. The van der Waals surface area contributed by atoms with Gasteiger partial charge in [-0.25, -0.2) is 9.97 Å². The zero-order valence-electron chi connectivity index (χ0n) is 10.7. The van der Waals surface area contributed by atoms with E-state index in [1.807, 2.05) is 0 Å². The Bertz CT molecular complexity index is 525. The number of nitrogen functional groups attached to an aromatic ring is 1. The number of anilines is 2. The van der Waals surface area contributed by atoms with Crippen molar-refractivity contribution in [1.82, 2.24) is 9.97 Å². The van der Waals surface area contributed by atoms with Crippen LogP contribution in [-0.2, 0) is 6.42 Å². The highest BCUT2D eigenvalue weighted by atomic mass is 15.0. The van der Waals surface area contributed by atoms with Gasteiger partial charge in [-0.15, -0.1) is 0 Å². The summed E-state index contributed by atoms with van der Waals surface area (Å²) in [5.41, 5.74) is 8.28. The molecule has 3 N–H and O–H groups in total. The number of benzene rings is 1. The molecular weight excluding hydrogens is 224 g/mol. The lowest BCUT2D eigenvalue weighted by atomic mass is 10.0. The van der Waals surface area contributed by atoms with Crippen molar-refractivity contribution in [2.75, 3.05) is 11.1 Å². The lowest BCUT2D eigenvalue weighted by Gasteiger charge is -2.15. The Morgan fingerprint density at radius 3 is 2.78 bits per heavy atom. The first-order valence-electron chi connectivity index (χ1n) is 6.03. The van der Waals surface area contributed by atoms with Crippen LogP contribution < -0.4 is 11.1 Å². The highest BCUT2D eigenvalue weighted by molar-refractivity contribution is 5.44. The molecule has 2 aromatic rings. The van der Waals surface area contributed by atoms with Crippen molar-refractivity contribution in [3.63, 3.8) is 0 Å². The van der Waals surface area contributed by atoms with Gasteiger partial charge in [0.25, 0.3) is 0 Å². The van der Waals surface area contributed by atoms with Crippen LogP contribution in [0.3, 0.4) is 0 Å². The Hall–Kier alpha value is -2.10. The van der Waals surface area contributed by atoms with Gasteiger partial charge in [-0.1, -0.05) is 24.3 Å². The zero-order chi connectivity index (χ0) is 13.0. The van der Waals surface area contributed by atoms with Crippen molar-refractivity contribution < 1.29 is 0 Å². The van der Waals surface area contributed by atoms with Crippen molar-refractivity contribution in [3.05, 3.63) is 47.8 Å². The number of nitrogens with one attached hydrogen (secondary N) is 1. The molecular formula is C14H18N4. The molecule has 94 valence electrons.